The van der Waals surface area contributed by atoms with Gasteiger partial charge < -0.3 is 49.3 Å². The van der Waals surface area contributed by atoms with Gasteiger partial charge in [0.1, 0.15) is 24.6 Å². The highest BCUT2D eigenvalue weighted by Gasteiger charge is 2.53. The second-order valence-corrected chi connectivity index (χ2v) is 10.5. The molecule has 1 unspecified atom stereocenters. The maximum atomic E-state index is 13.2. The van der Waals surface area contributed by atoms with Gasteiger partial charge in [0.15, 0.2) is 12.2 Å². The maximum absolute atomic E-state index is 13.2. The van der Waals surface area contributed by atoms with Gasteiger partial charge in [-0.25, -0.2) is 4.79 Å². The number of aliphatic hydroxyl groups is 2. The fraction of sp³-hybridized carbons (Fsp3) is 0.581. The van der Waals surface area contributed by atoms with Crippen molar-refractivity contribution in [3.8, 4) is 17.6 Å². The monoisotopic (exact) mass is 648 g/mol. The molecule has 0 aromatic heterocycles. The van der Waals surface area contributed by atoms with Crippen LogP contribution in [-0.2, 0) is 49.5 Å². The predicted octanol–water partition coefficient (Wildman–Crippen LogP) is -0.121. The zero-order chi connectivity index (χ0) is 33.6. The van der Waals surface area contributed by atoms with Gasteiger partial charge in [-0.05, 0) is 37.0 Å². The number of esters is 3. The molecule has 15 nitrogen and oxygen atoms in total. The largest absolute Gasteiger partial charge is 0.467 e. The topological polar surface area (TPSA) is 205 Å². The van der Waals surface area contributed by atoms with Crippen molar-refractivity contribution in [2.75, 3.05) is 26.8 Å². The molecule has 4 N–H and O–H groups in total. The van der Waals surface area contributed by atoms with E-state index in [0.717, 1.165) is 53.1 Å². The van der Waals surface area contributed by atoms with Gasteiger partial charge in [0.05, 0.1) is 19.3 Å². The van der Waals surface area contributed by atoms with Crippen LogP contribution in [0.15, 0.2) is 18.2 Å². The fourth-order valence-corrected chi connectivity index (χ4v) is 4.76. The average Bonchev–Trinajstić information content (AvgIpc) is 3.01. The van der Waals surface area contributed by atoms with Crippen molar-refractivity contribution >= 4 is 29.7 Å². The first-order valence-corrected chi connectivity index (χ1v) is 14.8. The van der Waals surface area contributed by atoms with Gasteiger partial charge in [-0.15, -0.1) is 5.92 Å². The van der Waals surface area contributed by atoms with Crippen molar-refractivity contribution in [1.82, 2.24) is 10.6 Å². The third kappa shape index (κ3) is 10.7. The van der Waals surface area contributed by atoms with Crippen LogP contribution in [0.3, 0.4) is 0 Å². The average molecular weight is 649 g/mol. The van der Waals surface area contributed by atoms with Gasteiger partial charge >= 0.3 is 17.9 Å². The number of aliphatic hydroxyl groups excluding tert-OH is 2. The number of methoxy groups -OCH3 is 1. The minimum Gasteiger partial charge on any atom is -0.467 e. The molecule has 6 atom stereocenters. The van der Waals surface area contributed by atoms with Crippen molar-refractivity contribution in [2.24, 2.45) is 0 Å². The number of hydrogen-bond donors (Lipinski definition) is 4. The quantitative estimate of drug-likeness (QED) is 0.0954. The minimum atomic E-state index is -1.80. The summed E-state index contributed by atoms with van der Waals surface area (Å²) in [7, 11) is 1.05. The number of carbonyl (C=O) groups excluding carboxylic acids is 5. The summed E-state index contributed by atoms with van der Waals surface area (Å²) in [6, 6.07) is 4.13. The standard InChI is InChI=1S/C31H40N2O13/c1-18(35)43-26-25(38)27(30(40)41-3)46-31(28(26)44-19(2)36)45-23-12-11-20(16-34)15-22(23)29(39)33-14-13-32-24(37)17-42-21-9-7-5-4-6-8-10-21/h11-12,15,21,25-28,31,34,38H,4-7,9,13-14,16-17H2,1-3H3,(H,32,37)(H,33,39)/t21?,25-,26-,27-,28+,31+/m0/s1. The van der Waals surface area contributed by atoms with Gasteiger partial charge in [0.2, 0.25) is 18.3 Å². The molecule has 0 bridgehead atoms. The SMILES string of the molecule is COC(=O)[C@H]1O[C@@H](Oc2ccc(CO)cc2C(=O)NCCNC(=O)COC2C#CCCCCC2)[C@H](OC(C)=O)[C@@H](OC(C)=O)[C@@H]1O. The molecule has 0 radical (unpaired) electrons. The van der Waals surface area contributed by atoms with Crippen LogP contribution in [-0.4, -0.2) is 104 Å². The Labute approximate surface area is 266 Å². The smallest absolute Gasteiger partial charge is 0.338 e. The van der Waals surface area contributed by atoms with Gasteiger partial charge in [-0.2, -0.15) is 0 Å². The summed E-state index contributed by atoms with van der Waals surface area (Å²) in [5.41, 5.74) is 0.265. The Balaban J connectivity index is 1.70. The molecule has 1 saturated heterocycles. The highest BCUT2D eigenvalue weighted by atomic mass is 16.7. The van der Waals surface area contributed by atoms with Gasteiger partial charge in [-0.1, -0.05) is 18.4 Å². The summed E-state index contributed by atoms with van der Waals surface area (Å²) < 4.78 is 32.3. The van der Waals surface area contributed by atoms with E-state index >= 15 is 0 Å². The first-order chi connectivity index (χ1) is 22.0. The number of amides is 2. The zero-order valence-electron chi connectivity index (χ0n) is 25.9. The van der Waals surface area contributed by atoms with Crippen molar-refractivity contribution < 1.29 is 62.6 Å². The second kappa shape index (κ2) is 18.1. The highest BCUT2D eigenvalue weighted by molar-refractivity contribution is 5.97. The van der Waals surface area contributed by atoms with Gasteiger partial charge in [0, 0.05) is 33.4 Å². The van der Waals surface area contributed by atoms with Crippen LogP contribution >= 0.6 is 0 Å². The number of rotatable bonds is 13. The van der Waals surface area contributed by atoms with E-state index in [2.05, 4.69) is 27.2 Å². The van der Waals surface area contributed by atoms with E-state index in [1.165, 1.54) is 18.2 Å². The molecule has 252 valence electrons. The molecule has 1 aromatic carbocycles. The van der Waals surface area contributed by atoms with Crippen molar-refractivity contribution in [2.45, 2.75) is 89.4 Å². The van der Waals surface area contributed by atoms with E-state index in [1.807, 2.05) is 0 Å². The van der Waals surface area contributed by atoms with Crippen molar-refractivity contribution in [3.63, 3.8) is 0 Å². The predicted molar refractivity (Wildman–Crippen MR) is 157 cm³/mol. The molecular weight excluding hydrogens is 608 g/mol. The lowest BCUT2D eigenvalue weighted by Crippen LogP contribution is -2.63. The summed E-state index contributed by atoms with van der Waals surface area (Å²) in [5, 5.41) is 25.7. The number of ether oxygens (including phenoxy) is 6. The number of nitrogens with one attached hydrogen (secondary N) is 2. The fourth-order valence-electron chi connectivity index (χ4n) is 4.76. The van der Waals surface area contributed by atoms with Crippen LogP contribution in [0.25, 0.3) is 0 Å². The third-order valence-corrected chi connectivity index (χ3v) is 6.95. The Hall–Kier alpha value is -4.23. The lowest BCUT2D eigenvalue weighted by Gasteiger charge is -2.42. The van der Waals surface area contributed by atoms with E-state index in [9.17, 15) is 34.2 Å². The molecule has 1 aliphatic heterocycles. The number of carbonyl (C=O) groups is 5. The molecule has 3 rings (SSSR count). The van der Waals surface area contributed by atoms with E-state index in [-0.39, 0.29) is 43.0 Å². The maximum Gasteiger partial charge on any atom is 0.338 e. The number of benzene rings is 1. The molecule has 1 heterocycles. The molecule has 1 aliphatic carbocycles. The molecule has 15 heteroatoms. The van der Waals surface area contributed by atoms with Gasteiger partial charge in [-0.3, -0.25) is 19.2 Å². The van der Waals surface area contributed by atoms with E-state index in [4.69, 9.17) is 23.7 Å². The molecule has 46 heavy (non-hydrogen) atoms. The summed E-state index contributed by atoms with van der Waals surface area (Å²) in [4.78, 5) is 61.6. The molecule has 0 saturated carbocycles. The van der Waals surface area contributed by atoms with Gasteiger partial charge in [0.25, 0.3) is 5.91 Å². The Morgan fingerprint density at radius 2 is 1.72 bits per heavy atom. The summed E-state index contributed by atoms with van der Waals surface area (Å²) in [6.45, 7) is 1.61. The van der Waals surface area contributed by atoms with Crippen LogP contribution in [0.4, 0.5) is 0 Å². The van der Waals surface area contributed by atoms with Crippen LogP contribution in [0, 0.1) is 11.8 Å². The molecule has 1 aromatic rings. The van der Waals surface area contributed by atoms with Crippen LogP contribution in [0.5, 0.6) is 5.75 Å². The molecular formula is C31H40N2O13. The first-order valence-electron chi connectivity index (χ1n) is 14.8. The van der Waals surface area contributed by atoms with Crippen LogP contribution in [0.1, 0.15) is 61.9 Å². The molecule has 2 aliphatic rings. The zero-order valence-corrected chi connectivity index (χ0v) is 25.9. The van der Waals surface area contributed by atoms with E-state index in [0.29, 0.717) is 5.56 Å². The second-order valence-electron chi connectivity index (χ2n) is 10.5. The first kappa shape index (κ1) is 36.2. The lowest BCUT2D eigenvalue weighted by atomic mass is 9.98. The summed E-state index contributed by atoms with van der Waals surface area (Å²) in [5.74, 6) is 2.18. The van der Waals surface area contributed by atoms with Crippen molar-refractivity contribution in [1.29, 1.82) is 0 Å². The lowest BCUT2D eigenvalue weighted by molar-refractivity contribution is -0.279. The molecule has 1 fully saturated rings. The Kier molecular flexibility index (Phi) is 14.2. The normalized spacial score (nSPS) is 24.1. The Morgan fingerprint density at radius 1 is 1.00 bits per heavy atom. The Bertz CT molecular complexity index is 1310. The van der Waals surface area contributed by atoms with E-state index in [1.54, 1.807) is 0 Å². The van der Waals surface area contributed by atoms with Crippen LogP contribution in [0.2, 0.25) is 0 Å². The minimum absolute atomic E-state index is 0.0116. The van der Waals surface area contributed by atoms with Crippen molar-refractivity contribution in [3.05, 3.63) is 29.3 Å². The molecule has 2 amide bonds. The highest BCUT2D eigenvalue weighted by Crippen LogP contribution is 2.31. The summed E-state index contributed by atoms with van der Waals surface area (Å²) in [6.07, 6.45) is -3.99. The third-order valence-electron chi connectivity index (χ3n) is 6.95. The summed E-state index contributed by atoms with van der Waals surface area (Å²) >= 11 is 0. The number of hydrogen-bond acceptors (Lipinski definition) is 13. The van der Waals surface area contributed by atoms with E-state index < -0.39 is 61.1 Å². The Morgan fingerprint density at radius 3 is 2.41 bits per heavy atom. The molecule has 0 spiro atoms. The van der Waals surface area contributed by atoms with Crippen LogP contribution < -0.4 is 15.4 Å².